The van der Waals surface area contributed by atoms with E-state index >= 15 is 0 Å². The van der Waals surface area contributed by atoms with Crippen molar-refractivity contribution in [1.82, 2.24) is 10.6 Å². The standard InChI is InChI=1S/C37H40N2O4S/c1-42-37(41)39-36(35(28-14-5-2-6-15-28)29-16-7-3-8-17-29)34(40)23-30-18-12-11-13-27(30)21-22-32-24-38-31(25-43-32)26-44-33-19-9-4-10-20-33/h2-20,31-32,35-36,38H,21-26H2,1H3,(H,39,41)/t31-,32+,36+/m0/s1. The number of methoxy groups -OCH3 is 1. The lowest BCUT2D eigenvalue weighted by Crippen LogP contribution is -2.47. The van der Waals surface area contributed by atoms with Crippen molar-refractivity contribution in [3.63, 3.8) is 0 Å². The first-order valence-electron chi connectivity index (χ1n) is 15.2. The van der Waals surface area contributed by atoms with Crippen molar-refractivity contribution < 1.29 is 19.1 Å². The zero-order valence-corrected chi connectivity index (χ0v) is 25.9. The lowest BCUT2D eigenvalue weighted by Gasteiger charge is -2.30. The van der Waals surface area contributed by atoms with Gasteiger partial charge in [0.15, 0.2) is 5.78 Å². The summed E-state index contributed by atoms with van der Waals surface area (Å²) in [6, 6.07) is 37.7. The molecule has 1 saturated heterocycles. The molecule has 0 spiro atoms. The average molecular weight is 609 g/mol. The molecule has 1 fully saturated rings. The number of carbonyl (C=O) groups is 2. The van der Waals surface area contributed by atoms with Crippen LogP contribution in [0.1, 0.15) is 34.6 Å². The van der Waals surface area contributed by atoms with Gasteiger partial charge in [0.1, 0.15) is 6.04 Å². The molecule has 44 heavy (non-hydrogen) atoms. The van der Waals surface area contributed by atoms with Crippen LogP contribution in [0.2, 0.25) is 0 Å². The number of thioether (sulfide) groups is 1. The van der Waals surface area contributed by atoms with Gasteiger partial charge in [-0.1, -0.05) is 103 Å². The zero-order valence-electron chi connectivity index (χ0n) is 25.1. The lowest BCUT2D eigenvalue weighted by molar-refractivity contribution is -0.120. The summed E-state index contributed by atoms with van der Waals surface area (Å²) in [5.74, 6) is 0.524. The van der Waals surface area contributed by atoms with Gasteiger partial charge in [0.05, 0.1) is 19.8 Å². The first-order chi connectivity index (χ1) is 21.6. The van der Waals surface area contributed by atoms with Crippen LogP contribution in [0.5, 0.6) is 0 Å². The van der Waals surface area contributed by atoms with E-state index in [9.17, 15) is 9.59 Å². The Balaban J connectivity index is 1.24. The van der Waals surface area contributed by atoms with Gasteiger partial charge in [-0.2, -0.15) is 0 Å². The molecule has 1 aliphatic rings. The molecule has 4 aromatic rings. The molecular formula is C37H40N2O4S. The van der Waals surface area contributed by atoms with Gasteiger partial charge >= 0.3 is 6.09 Å². The van der Waals surface area contributed by atoms with Crippen LogP contribution in [0.4, 0.5) is 4.79 Å². The molecule has 1 heterocycles. The summed E-state index contributed by atoms with van der Waals surface area (Å²) in [7, 11) is 1.32. The Hall–Kier alpha value is -3.91. The maximum Gasteiger partial charge on any atom is 0.407 e. The predicted octanol–water partition coefficient (Wildman–Crippen LogP) is 6.44. The highest BCUT2D eigenvalue weighted by atomic mass is 32.2. The first kappa shape index (κ1) is 31.5. The van der Waals surface area contributed by atoms with Gasteiger partial charge in [-0.3, -0.25) is 4.79 Å². The second-order valence-corrected chi connectivity index (χ2v) is 12.1. The number of hydrogen-bond acceptors (Lipinski definition) is 6. The normalized spacial score (nSPS) is 17.1. The number of aryl methyl sites for hydroxylation is 1. The predicted molar refractivity (Wildman–Crippen MR) is 176 cm³/mol. The number of hydrogen-bond donors (Lipinski definition) is 2. The van der Waals surface area contributed by atoms with Crippen LogP contribution >= 0.6 is 11.8 Å². The van der Waals surface area contributed by atoms with Crippen LogP contribution in [0.3, 0.4) is 0 Å². The van der Waals surface area contributed by atoms with E-state index < -0.39 is 12.1 Å². The van der Waals surface area contributed by atoms with Crippen molar-refractivity contribution in [2.45, 2.75) is 48.3 Å². The molecular weight excluding hydrogens is 568 g/mol. The van der Waals surface area contributed by atoms with Gasteiger partial charge in [-0.25, -0.2) is 4.79 Å². The molecule has 5 rings (SSSR count). The van der Waals surface area contributed by atoms with Crippen LogP contribution in [0.15, 0.2) is 120 Å². The van der Waals surface area contributed by atoms with Crippen molar-refractivity contribution in [2.75, 3.05) is 26.0 Å². The highest BCUT2D eigenvalue weighted by molar-refractivity contribution is 7.99. The summed E-state index contributed by atoms with van der Waals surface area (Å²) in [6.07, 6.45) is 1.34. The number of nitrogens with one attached hydrogen (secondary N) is 2. The van der Waals surface area contributed by atoms with E-state index in [0.717, 1.165) is 47.4 Å². The molecule has 7 heteroatoms. The summed E-state index contributed by atoms with van der Waals surface area (Å²) in [6.45, 7) is 1.49. The molecule has 0 aromatic heterocycles. The number of alkyl carbamates (subject to hydrolysis) is 1. The number of rotatable bonds is 13. The highest BCUT2D eigenvalue weighted by Gasteiger charge is 2.33. The molecule has 0 unspecified atom stereocenters. The maximum atomic E-state index is 14.1. The highest BCUT2D eigenvalue weighted by Crippen LogP contribution is 2.30. The zero-order chi connectivity index (χ0) is 30.6. The molecule has 0 radical (unpaired) electrons. The quantitative estimate of drug-likeness (QED) is 0.170. The molecule has 1 amide bonds. The van der Waals surface area contributed by atoms with Crippen LogP contribution in [0, 0.1) is 0 Å². The van der Waals surface area contributed by atoms with Gasteiger partial charge in [-0.15, -0.1) is 11.8 Å². The van der Waals surface area contributed by atoms with Crippen molar-refractivity contribution >= 4 is 23.6 Å². The molecule has 1 aliphatic heterocycles. The molecule has 0 saturated carbocycles. The molecule has 0 bridgehead atoms. The number of ether oxygens (including phenoxy) is 2. The SMILES string of the molecule is COC(=O)N[C@H](C(=O)Cc1ccccc1CC[C@@H]1CN[C@H](CSc2ccccc2)CO1)C(c1ccccc1)c1ccccc1. The third kappa shape index (κ3) is 8.82. The van der Waals surface area contributed by atoms with Crippen LogP contribution < -0.4 is 10.6 Å². The summed E-state index contributed by atoms with van der Waals surface area (Å²) in [5, 5.41) is 6.52. The Morgan fingerprint density at radius 2 is 1.45 bits per heavy atom. The monoisotopic (exact) mass is 608 g/mol. The molecule has 0 aliphatic carbocycles. The van der Waals surface area contributed by atoms with Crippen LogP contribution in [-0.2, 0) is 27.1 Å². The van der Waals surface area contributed by atoms with Crippen molar-refractivity contribution in [2.24, 2.45) is 0 Å². The Morgan fingerprint density at radius 1 is 0.864 bits per heavy atom. The third-order valence-electron chi connectivity index (χ3n) is 8.04. The molecule has 4 aromatic carbocycles. The van der Waals surface area contributed by atoms with E-state index in [1.54, 1.807) is 0 Å². The fourth-order valence-electron chi connectivity index (χ4n) is 5.70. The summed E-state index contributed by atoms with van der Waals surface area (Å²) < 4.78 is 11.2. The van der Waals surface area contributed by atoms with Gasteiger partial charge in [0.25, 0.3) is 0 Å². The van der Waals surface area contributed by atoms with E-state index in [1.165, 1.54) is 12.0 Å². The topological polar surface area (TPSA) is 76.7 Å². The molecule has 6 nitrogen and oxygen atoms in total. The van der Waals surface area contributed by atoms with E-state index in [4.69, 9.17) is 9.47 Å². The lowest BCUT2D eigenvalue weighted by atomic mass is 9.81. The largest absolute Gasteiger partial charge is 0.453 e. The average Bonchev–Trinajstić information content (AvgIpc) is 3.08. The molecule has 3 atom stereocenters. The number of carbonyl (C=O) groups excluding carboxylic acids is 2. The maximum absolute atomic E-state index is 14.1. The van der Waals surface area contributed by atoms with Crippen LogP contribution in [0.25, 0.3) is 0 Å². The number of morpholine rings is 1. The minimum absolute atomic E-state index is 0.0742. The van der Waals surface area contributed by atoms with Crippen molar-refractivity contribution in [3.05, 3.63) is 138 Å². The van der Waals surface area contributed by atoms with E-state index in [0.29, 0.717) is 12.6 Å². The first-order valence-corrected chi connectivity index (χ1v) is 16.2. The number of Topliss-reactive ketones (excluding diaryl/α,β-unsaturated/α-hetero) is 1. The fourth-order valence-corrected chi connectivity index (χ4v) is 6.65. The van der Waals surface area contributed by atoms with Crippen LogP contribution in [-0.4, -0.2) is 56.1 Å². The minimum atomic E-state index is -0.808. The molecule has 228 valence electrons. The van der Waals surface area contributed by atoms with E-state index in [1.807, 2.05) is 96.7 Å². The Kier molecular flexibility index (Phi) is 11.6. The fraction of sp³-hybridized carbons (Fsp3) is 0.297. The van der Waals surface area contributed by atoms with Gasteiger partial charge < -0.3 is 20.1 Å². The van der Waals surface area contributed by atoms with E-state index in [-0.39, 0.29) is 24.2 Å². The van der Waals surface area contributed by atoms with E-state index in [2.05, 4.69) is 41.0 Å². The Morgan fingerprint density at radius 3 is 2.05 bits per heavy atom. The van der Waals surface area contributed by atoms with Gasteiger partial charge in [0.2, 0.25) is 0 Å². The Bertz CT molecular complexity index is 1420. The van der Waals surface area contributed by atoms with Crippen molar-refractivity contribution in [3.8, 4) is 0 Å². The summed E-state index contributed by atoms with van der Waals surface area (Å²) >= 11 is 1.84. The summed E-state index contributed by atoms with van der Waals surface area (Å²) in [4.78, 5) is 27.9. The third-order valence-corrected chi connectivity index (χ3v) is 9.21. The smallest absolute Gasteiger partial charge is 0.407 e. The number of benzene rings is 4. The van der Waals surface area contributed by atoms with Gasteiger partial charge in [-0.05, 0) is 47.2 Å². The summed E-state index contributed by atoms with van der Waals surface area (Å²) in [5.41, 5.74) is 3.99. The second-order valence-electron chi connectivity index (χ2n) is 11.0. The number of amides is 1. The second kappa shape index (κ2) is 16.2. The number of ketones is 1. The molecule has 2 N–H and O–H groups in total. The van der Waals surface area contributed by atoms with Gasteiger partial charge in [0, 0.05) is 35.6 Å². The van der Waals surface area contributed by atoms with Crippen molar-refractivity contribution in [1.29, 1.82) is 0 Å². The minimum Gasteiger partial charge on any atom is -0.453 e. The Labute approximate surface area is 264 Å².